The molecule has 0 nitrogen and oxygen atoms in total. The van der Waals surface area contributed by atoms with E-state index in [1.807, 2.05) is 0 Å². The van der Waals surface area contributed by atoms with Gasteiger partial charge in [-0.05, 0) is 0 Å². The average Bonchev–Trinajstić information content (AvgIpc) is 1.77. The van der Waals surface area contributed by atoms with Crippen LogP contribution in [-0.4, -0.2) is 0 Å². The molecule has 3 heteroatoms. The zero-order valence-electron chi connectivity index (χ0n) is 9.79. The standard InChI is InChI=1S/C5H5.C5H8.C3H6.3V/c1-4-2-5(1)3-4;1-5-3-2-4-5;1-3-2;;;/h1-5H;3-5H,2H2,1H3;1-3H2;;;/q-3;2*-2;;2*+2. The minimum Gasteiger partial charge on any atom is -0.451 e. The Morgan fingerprint density at radius 1 is 1.00 bits per heavy atom. The van der Waals surface area contributed by atoms with Crippen molar-refractivity contribution in [2.75, 3.05) is 0 Å². The minimum absolute atomic E-state index is 0. The number of rotatable bonds is 0. The Labute approximate surface area is 138 Å². The van der Waals surface area contributed by atoms with E-state index < -0.39 is 0 Å². The van der Waals surface area contributed by atoms with E-state index in [4.69, 9.17) is 0 Å². The summed E-state index contributed by atoms with van der Waals surface area (Å²) in [5, 5.41) is 0. The third-order valence-corrected chi connectivity index (χ3v) is 2.35. The monoisotopic (exact) mass is 328 g/mol. The van der Waals surface area contributed by atoms with Gasteiger partial charge in [-0.3, -0.25) is 0 Å². The molecule has 0 aromatic heterocycles. The van der Waals surface area contributed by atoms with E-state index in [1.165, 1.54) is 6.42 Å². The van der Waals surface area contributed by atoms with Gasteiger partial charge in [0.1, 0.15) is 0 Å². The van der Waals surface area contributed by atoms with Crippen molar-refractivity contribution in [3.8, 4) is 0 Å². The van der Waals surface area contributed by atoms with Crippen LogP contribution in [0.1, 0.15) is 19.8 Å². The molecule has 0 aromatic carbocycles. The van der Waals surface area contributed by atoms with E-state index in [1.54, 1.807) is 0 Å². The molecule has 0 N–H and O–H groups in total. The molecule has 4 fully saturated rings. The fraction of sp³-hybridized carbons (Fsp3) is 0.462. The van der Waals surface area contributed by atoms with Crippen LogP contribution >= 0.6 is 0 Å². The predicted molar refractivity (Wildman–Crippen MR) is 57.6 cm³/mol. The first kappa shape index (κ1) is 22.9. The van der Waals surface area contributed by atoms with Crippen molar-refractivity contribution < 1.29 is 55.7 Å². The van der Waals surface area contributed by atoms with Gasteiger partial charge >= 0.3 is 37.1 Å². The molecule has 0 spiro atoms. The van der Waals surface area contributed by atoms with E-state index in [0.717, 1.165) is 24.2 Å². The van der Waals surface area contributed by atoms with Crippen molar-refractivity contribution in [2.24, 2.45) is 17.8 Å². The zero-order chi connectivity index (χ0) is 9.68. The molecular weight excluding hydrogens is 309 g/mol. The molecule has 2 bridgehead atoms. The Morgan fingerprint density at radius 3 is 1.19 bits per heavy atom. The summed E-state index contributed by atoms with van der Waals surface area (Å²) < 4.78 is 0. The van der Waals surface area contributed by atoms with Gasteiger partial charge in [-0.15, -0.1) is 6.92 Å². The first-order valence-corrected chi connectivity index (χ1v) is 5.06. The second-order valence-corrected chi connectivity index (χ2v) is 3.65. The summed E-state index contributed by atoms with van der Waals surface area (Å²) in [6.07, 6.45) is 13.6. The van der Waals surface area contributed by atoms with E-state index in [-0.39, 0.29) is 55.7 Å². The summed E-state index contributed by atoms with van der Waals surface area (Å²) in [7, 11) is 0. The van der Waals surface area contributed by atoms with Gasteiger partial charge in [-0.2, -0.15) is 0 Å². The second-order valence-electron chi connectivity index (χ2n) is 3.65. The van der Waals surface area contributed by atoms with Crippen LogP contribution < -0.4 is 0 Å². The normalized spacial score (nSPS) is 27.2. The third-order valence-electron chi connectivity index (χ3n) is 2.35. The van der Waals surface area contributed by atoms with Crippen molar-refractivity contribution in [2.45, 2.75) is 19.8 Å². The summed E-state index contributed by atoms with van der Waals surface area (Å²) in [5.41, 5.74) is 0. The van der Waals surface area contributed by atoms with E-state index in [2.05, 4.69) is 52.9 Å². The first-order chi connectivity index (χ1) is 6.26. The molecule has 89 valence electrons. The largest absolute Gasteiger partial charge is 2.00 e. The van der Waals surface area contributed by atoms with Gasteiger partial charge < -0.3 is 76.5 Å². The maximum absolute atomic E-state index is 3.38. The topological polar surface area (TPSA) is 0 Å². The van der Waals surface area contributed by atoms with Crippen molar-refractivity contribution in [3.05, 3.63) is 46.0 Å². The third kappa shape index (κ3) is 8.79. The molecule has 0 aliphatic heterocycles. The van der Waals surface area contributed by atoms with Crippen LogP contribution in [0.15, 0.2) is 0 Å². The molecule has 3 radical (unpaired) electrons. The van der Waals surface area contributed by atoms with Gasteiger partial charge in [0, 0.05) is 18.6 Å². The molecular formula is C13H19V3-3. The van der Waals surface area contributed by atoms with Crippen LogP contribution in [0, 0.1) is 63.7 Å². The summed E-state index contributed by atoms with van der Waals surface area (Å²) >= 11 is 0. The Morgan fingerprint density at radius 2 is 1.19 bits per heavy atom. The van der Waals surface area contributed by atoms with Gasteiger partial charge in [-0.1, -0.05) is 0 Å². The van der Waals surface area contributed by atoms with Crippen LogP contribution in [-0.2, 0) is 55.7 Å². The fourth-order valence-corrected chi connectivity index (χ4v) is 1.13. The Kier molecular flexibility index (Phi) is 18.9. The summed E-state index contributed by atoms with van der Waals surface area (Å²) in [6, 6.07) is 0. The van der Waals surface area contributed by atoms with Gasteiger partial charge in [0.05, 0.1) is 0 Å². The Hall–Kier alpha value is 1.75. The quantitative estimate of drug-likeness (QED) is 0.599. The van der Waals surface area contributed by atoms with Gasteiger partial charge in [0.2, 0.25) is 0 Å². The Bertz CT molecular complexity index is 111. The molecule has 4 aliphatic rings. The maximum atomic E-state index is 3.38. The molecule has 0 amide bonds. The molecule has 0 atom stereocenters. The molecule has 4 rings (SSSR count). The van der Waals surface area contributed by atoms with Gasteiger partial charge in [0.25, 0.3) is 0 Å². The van der Waals surface area contributed by atoms with Crippen molar-refractivity contribution >= 4 is 0 Å². The molecule has 0 unspecified atom stereocenters. The zero-order valence-corrected chi connectivity index (χ0v) is 14.0. The van der Waals surface area contributed by atoms with E-state index >= 15 is 0 Å². The number of hydrogen-bond donors (Lipinski definition) is 0. The SMILES string of the molecule is CC1[CH-]C[CH-]1.[CH-]1C2[CH-]C1[CH-]2.[CH2-]C[CH2-].[V+2].[V+2].[V]. The van der Waals surface area contributed by atoms with Crippen molar-refractivity contribution in [3.63, 3.8) is 0 Å². The second kappa shape index (κ2) is 13.2. The molecule has 0 saturated heterocycles. The molecule has 0 heterocycles. The maximum Gasteiger partial charge on any atom is 2.00 e. The predicted octanol–water partition coefficient (Wildman–Crippen LogP) is 3.33. The molecule has 0 aromatic rings. The summed E-state index contributed by atoms with van der Waals surface area (Å²) in [6.45, 7) is 8.95. The summed E-state index contributed by atoms with van der Waals surface area (Å²) in [4.78, 5) is 0. The minimum atomic E-state index is 0. The molecule has 16 heavy (non-hydrogen) atoms. The van der Waals surface area contributed by atoms with E-state index in [0.29, 0.717) is 0 Å². The van der Waals surface area contributed by atoms with Crippen molar-refractivity contribution in [1.29, 1.82) is 0 Å². The first-order valence-electron chi connectivity index (χ1n) is 5.06. The van der Waals surface area contributed by atoms with Crippen LogP contribution in [0.3, 0.4) is 0 Å². The van der Waals surface area contributed by atoms with Crippen LogP contribution in [0.4, 0.5) is 0 Å². The number of hydrogen-bond acceptors (Lipinski definition) is 0. The van der Waals surface area contributed by atoms with Crippen LogP contribution in [0.5, 0.6) is 0 Å². The fourth-order valence-electron chi connectivity index (χ4n) is 1.13. The smallest absolute Gasteiger partial charge is 0.451 e. The van der Waals surface area contributed by atoms with Gasteiger partial charge in [0.15, 0.2) is 0 Å². The van der Waals surface area contributed by atoms with Gasteiger partial charge in [-0.25, -0.2) is 0 Å². The van der Waals surface area contributed by atoms with E-state index in [9.17, 15) is 0 Å². The van der Waals surface area contributed by atoms with Crippen molar-refractivity contribution in [1.82, 2.24) is 0 Å². The van der Waals surface area contributed by atoms with Crippen LogP contribution in [0.25, 0.3) is 0 Å². The molecule has 4 aliphatic carbocycles. The Balaban J connectivity index is -0.000000150. The average molecular weight is 328 g/mol. The summed E-state index contributed by atoms with van der Waals surface area (Å²) in [5.74, 6) is 2.48. The van der Waals surface area contributed by atoms with Crippen LogP contribution in [0.2, 0.25) is 0 Å². The molecule has 4 saturated carbocycles.